The van der Waals surface area contributed by atoms with Crippen molar-refractivity contribution in [3.8, 4) is 0 Å². The average molecular weight is 547 g/mol. The third kappa shape index (κ3) is 5.54. The van der Waals surface area contributed by atoms with E-state index in [1.807, 2.05) is 33.8 Å². The number of nitrogens with one attached hydrogen (secondary N) is 1. The number of amides is 3. The van der Waals surface area contributed by atoms with Crippen LogP contribution in [0.1, 0.15) is 59.9 Å². The topological polar surface area (TPSA) is 139 Å². The molecule has 40 heavy (non-hydrogen) atoms. The van der Waals surface area contributed by atoms with Gasteiger partial charge in [0, 0.05) is 38.4 Å². The molecule has 212 valence electrons. The second-order valence-electron chi connectivity index (χ2n) is 10.9. The predicted octanol–water partition coefficient (Wildman–Crippen LogP) is 3.28. The Bertz CT molecular complexity index is 1490. The Labute approximate surface area is 234 Å². The van der Waals surface area contributed by atoms with Gasteiger partial charge in [0.1, 0.15) is 12.1 Å². The van der Waals surface area contributed by atoms with Gasteiger partial charge in [0.05, 0.1) is 17.8 Å². The number of hydrogen-bond acceptors (Lipinski definition) is 7. The number of carbonyl (C=O) groups is 3. The highest BCUT2D eigenvalue weighted by atomic mass is 16.2. The van der Waals surface area contributed by atoms with Crippen molar-refractivity contribution < 1.29 is 14.4 Å². The fourth-order valence-electron chi connectivity index (χ4n) is 4.90. The number of aromatic nitrogens is 4. The van der Waals surface area contributed by atoms with Crippen molar-refractivity contribution in [2.75, 3.05) is 38.2 Å². The number of nitrogens with two attached hydrogens (primary N) is 1. The number of likely N-dealkylation sites (N-methyl/N-ethyl adjacent to an activating group) is 1. The predicted molar refractivity (Wildman–Crippen MR) is 155 cm³/mol. The molecular weight excluding hydrogens is 508 g/mol. The fourth-order valence-corrected chi connectivity index (χ4v) is 4.90. The lowest BCUT2D eigenvalue weighted by atomic mass is 9.98. The van der Waals surface area contributed by atoms with E-state index in [1.54, 1.807) is 34.6 Å². The standard InChI is InChI=1S/C29H38N8O3/c1-16(2)17(3)29(40)36-12-8-9-21(14-36)37-27-24(26(30)31-15-32-27)25(34-37)28(39)33-22-11-10-20(18(4)19(22)5)13-23(38)35(6)7/h10-11,15-16,21H,3,8-9,12-14H2,1-2,4-7H3,(H,33,39)(H2,30,31,32). The van der Waals surface area contributed by atoms with Crippen LogP contribution >= 0.6 is 0 Å². The van der Waals surface area contributed by atoms with Gasteiger partial charge < -0.3 is 20.9 Å². The summed E-state index contributed by atoms with van der Waals surface area (Å²) in [6, 6.07) is 3.46. The highest BCUT2D eigenvalue weighted by molar-refractivity contribution is 6.13. The molecule has 1 atom stereocenters. The Morgan fingerprint density at radius 2 is 1.90 bits per heavy atom. The number of nitrogen functional groups attached to an aromatic ring is 1. The fraction of sp³-hybridized carbons (Fsp3) is 0.448. The minimum Gasteiger partial charge on any atom is -0.383 e. The summed E-state index contributed by atoms with van der Waals surface area (Å²) >= 11 is 0. The van der Waals surface area contributed by atoms with Crippen LogP contribution in [0.15, 0.2) is 30.6 Å². The molecular formula is C29H38N8O3. The Morgan fingerprint density at radius 3 is 2.58 bits per heavy atom. The van der Waals surface area contributed by atoms with Crippen LogP contribution in [0.5, 0.6) is 0 Å². The molecule has 1 fully saturated rings. The summed E-state index contributed by atoms with van der Waals surface area (Å²) in [6.45, 7) is 12.8. The molecule has 3 amide bonds. The molecule has 1 aliphatic heterocycles. The number of benzene rings is 1. The second-order valence-corrected chi connectivity index (χ2v) is 10.9. The van der Waals surface area contributed by atoms with Gasteiger partial charge >= 0.3 is 0 Å². The van der Waals surface area contributed by atoms with Crippen LogP contribution in [0.3, 0.4) is 0 Å². The first-order valence-electron chi connectivity index (χ1n) is 13.5. The number of rotatable bonds is 7. The van der Waals surface area contributed by atoms with Crippen molar-refractivity contribution in [2.45, 2.75) is 53.0 Å². The molecule has 0 radical (unpaired) electrons. The van der Waals surface area contributed by atoms with Gasteiger partial charge in [-0.15, -0.1) is 0 Å². The van der Waals surface area contributed by atoms with E-state index in [0.29, 0.717) is 35.4 Å². The van der Waals surface area contributed by atoms with Gasteiger partial charge in [0.25, 0.3) is 5.91 Å². The number of nitrogens with zero attached hydrogens (tertiary/aromatic N) is 6. The van der Waals surface area contributed by atoms with Crippen molar-refractivity contribution >= 4 is 40.3 Å². The molecule has 3 N–H and O–H groups in total. The van der Waals surface area contributed by atoms with Crippen LogP contribution in [0, 0.1) is 19.8 Å². The first kappa shape index (κ1) is 28.7. The Balaban J connectivity index is 1.64. The number of hydrogen-bond donors (Lipinski definition) is 2. The molecule has 1 aliphatic rings. The van der Waals surface area contributed by atoms with Crippen LogP contribution < -0.4 is 11.1 Å². The van der Waals surface area contributed by atoms with E-state index in [0.717, 1.165) is 29.5 Å². The number of carbonyl (C=O) groups excluding carboxylic acids is 3. The van der Waals surface area contributed by atoms with Crippen LogP contribution in [-0.4, -0.2) is 74.5 Å². The van der Waals surface area contributed by atoms with Gasteiger partial charge in [0.15, 0.2) is 11.3 Å². The van der Waals surface area contributed by atoms with Gasteiger partial charge in [-0.2, -0.15) is 5.10 Å². The molecule has 3 heterocycles. The maximum atomic E-state index is 13.6. The summed E-state index contributed by atoms with van der Waals surface area (Å²) in [5, 5.41) is 8.02. The maximum absolute atomic E-state index is 13.6. The molecule has 1 aromatic carbocycles. The number of piperidine rings is 1. The first-order chi connectivity index (χ1) is 18.9. The van der Waals surface area contributed by atoms with Crippen LogP contribution in [0.25, 0.3) is 11.0 Å². The Hall–Kier alpha value is -4.28. The van der Waals surface area contributed by atoms with E-state index < -0.39 is 5.91 Å². The lowest BCUT2D eigenvalue weighted by Gasteiger charge is -2.34. The van der Waals surface area contributed by atoms with Crippen molar-refractivity contribution in [3.05, 3.63) is 53.0 Å². The molecule has 1 saturated heterocycles. The summed E-state index contributed by atoms with van der Waals surface area (Å²) in [5.41, 5.74) is 10.7. The molecule has 4 rings (SSSR count). The van der Waals surface area contributed by atoms with E-state index in [1.165, 1.54) is 6.33 Å². The highest BCUT2D eigenvalue weighted by Crippen LogP contribution is 2.30. The molecule has 1 unspecified atom stereocenters. The largest absolute Gasteiger partial charge is 0.383 e. The lowest BCUT2D eigenvalue weighted by molar-refractivity contribution is -0.129. The van der Waals surface area contributed by atoms with Crippen molar-refractivity contribution in [3.63, 3.8) is 0 Å². The van der Waals surface area contributed by atoms with Crippen molar-refractivity contribution in [2.24, 2.45) is 5.92 Å². The Morgan fingerprint density at radius 1 is 1.18 bits per heavy atom. The lowest BCUT2D eigenvalue weighted by Crippen LogP contribution is -2.42. The molecule has 3 aromatic rings. The number of likely N-dealkylation sites (tertiary alicyclic amines) is 1. The van der Waals surface area contributed by atoms with Gasteiger partial charge in [-0.3, -0.25) is 14.4 Å². The van der Waals surface area contributed by atoms with Crippen molar-refractivity contribution in [1.29, 1.82) is 0 Å². The zero-order valence-corrected chi connectivity index (χ0v) is 24.1. The van der Waals surface area contributed by atoms with Crippen LogP contribution in [0.4, 0.5) is 11.5 Å². The van der Waals surface area contributed by atoms with Gasteiger partial charge in [-0.25, -0.2) is 14.6 Å². The molecule has 11 nitrogen and oxygen atoms in total. The van der Waals surface area contributed by atoms with E-state index in [-0.39, 0.29) is 41.7 Å². The second kappa shape index (κ2) is 11.4. The summed E-state index contributed by atoms with van der Waals surface area (Å²) in [5.74, 6) is -0.297. The molecule has 0 saturated carbocycles. The summed E-state index contributed by atoms with van der Waals surface area (Å²) in [4.78, 5) is 50.7. The van der Waals surface area contributed by atoms with E-state index in [9.17, 15) is 14.4 Å². The summed E-state index contributed by atoms with van der Waals surface area (Å²) in [6.07, 6.45) is 3.19. The van der Waals surface area contributed by atoms with E-state index in [2.05, 4.69) is 27.0 Å². The highest BCUT2D eigenvalue weighted by Gasteiger charge is 2.31. The molecule has 0 spiro atoms. The molecule has 0 aliphatic carbocycles. The third-order valence-electron chi connectivity index (χ3n) is 7.72. The monoisotopic (exact) mass is 546 g/mol. The minimum atomic E-state index is -0.443. The van der Waals surface area contributed by atoms with Gasteiger partial charge in [-0.05, 0) is 55.4 Å². The average Bonchev–Trinajstić information content (AvgIpc) is 3.33. The van der Waals surface area contributed by atoms with Gasteiger partial charge in [-0.1, -0.05) is 26.5 Å². The summed E-state index contributed by atoms with van der Waals surface area (Å²) in [7, 11) is 3.45. The van der Waals surface area contributed by atoms with E-state index in [4.69, 9.17) is 5.73 Å². The quantitative estimate of drug-likeness (QED) is 0.434. The maximum Gasteiger partial charge on any atom is 0.277 e. The normalized spacial score (nSPS) is 15.4. The third-order valence-corrected chi connectivity index (χ3v) is 7.72. The first-order valence-corrected chi connectivity index (χ1v) is 13.5. The molecule has 0 bridgehead atoms. The number of anilines is 2. The van der Waals surface area contributed by atoms with Crippen LogP contribution in [0.2, 0.25) is 0 Å². The zero-order valence-electron chi connectivity index (χ0n) is 24.1. The molecule has 2 aromatic heterocycles. The zero-order chi connectivity index (χ0) is 29.3. The number of fused-ring (bicyclic) bond motifs is 1. The molecule has 11 heteroatoms. The van der Waals surface area contributed by atoms with Crippen molar-refractivity contribution in [1.82, 2.24) is 29.5 Å². The summed E-state index contributed by atoms with van der Waals surface area (Å²) < 4.78 is 1.70. The SMILES string of the molecule is C=C(C(=O)N1CCCC(n2nc(C(=O)Nc3ccc(CC(=O)N(C)C)c(C)c3C)c3c(N)ncnc32)C1)C(C)C. The van der Waals surface area contributed by atoms with E-state index >= 15 is 0 Å². The van der Waals surface area contributed by atoms with Gasteiger partial charge in [0.2, 0.25) is 11.8 Å². The van der Waals surface area contributed by atoms with Crippen LogP contribution in [-0.2, 0) is 16.0 Å². The Kier molecular flexibility index (Phi) is 8.22. The smallest absolute Gasteiger partial charge is 0.277 e. The minimum absolute atomic E-state index is 0.00303.